The van der Waals surface area contributed by atoms with Crippen LogP contribution >= 0.6 is 0 Å². The molecule has 7 nitrogen and oxygen atoms in total. The summed E-state index contributed by atoms with van der Waals surface area (Å²) in [6.07, 6.45) is 1.81. The molecule has 1 heterocycles. The molecule has 0 spiro atoms. The second-order valence-electron chi connectivity index (χ2n) is 4.34. The molecule has 0 radical (unpaired) electrons. The number of pyridine rings is 1. The van der Waals surface area contributed by atoms with Gasteiger partial charge in [-0.2, -0.15) is 0 Å². The fourth-order valence-electron chi connectivity index (χ4n) is 1.73. The molecule has 0 aliphatic carbocycles. The SMILES string of the molecule is CCCCN(CC(N)=O)c1nc(C(=O)OC)ccc1N. The largest absolute Gasteiger partial charge is 0.464 e. The molecule has 1 rings (SSSR count). The molecule has 0 aromatic carbocycles. The number of hydrogen-bond acceptors (Lipinski definition) is 6. The van der Waals surface area contributed by atoms with Crippen LogP contribution in [0.25, 0.3) is 0 Å². The zero-order valence-corrected chi connectivity index (χ0v) is 11.8. The monoisotopic (exact) mass is 280 g/mol. The fraction of sp³-hybridized carbons (Fsp3) is 0.462. The van der Waals surface area contributed by atoms with Gasteiger partial charge >= 0.3 is 5.97 Å². The average molecular weight is 280 g/mol. The summed E-state index contributed by atoms with van der Waals surface area (Å²) >= 11 is 0. The van der Waals surface area contributed by atoms with E-state index in [2.05, 4.69) is 9.72 Å². The van der Waals surface area contributed by atoms with Crippen LogP contribution in [0.3, 0.4) is 0 Å². The second kappa shape index (κ2) is 7.32. The van der Waals surface area contributed by atoms with Crippen LogP contribution < -0.4 is 16.4 Å². The molecular weight excluding hydrogens is 260 g/mol. The van der Waals surface area contributed by atoms with Crippen LogP contribution in [0.1, 0.15) is 30.3 Å². The van der Waals surface area contributed by atoms with Crippen LogP contribution in [-0.2, 0) is 9.53 Å². The molecular formula is C13H20N4O3. The van der Waals surface area contributed by atoms with Crippen molar-refractivity contribution in [1.82, 2.24) is 4.98 Å². The standard InChI is InChI=1S/C13H20N4O3/c1-3-4-7-17(8-11(15)18)12-9(14)5-6-10(16-12)13(19)20-2/h5-6H,3-4,7-8,14H2,1-2H3,(H2,15,18). The van der Waals surface area contributed by atoms with Crippen molar-refractivity contribution in [3.05, 3.63) is 17.8 Å². The Morgan fingerprint density at radius 1 is 1.40 bits per heavy atom. The maximum absolute atomic E-state index is 11.5. The van der Waals surface area contributed by atoms with Crippen LogP contribution in [0.4, 0.5) is 11.5 Å². The lowest BCUT2D eigenvalue weighted by Gasteiger charge is -2.23. The van der Waals surface area contributed by atoms with E-state index in [1.807, 2.05) is 6.92 Å². The Kier molecular flexibility index (Phi) is 5.76. The summed E-state index contributed by atoms with van der Waals surface area (Å²) in [7, 11) is 1.28. The van der Waals surface area contributed by atoms with Crippen LogP contribution in [0.5, 0.6) is 0 Å². The Labute approximate surface area is 117 Å². The minimum absolute atomic E-state index is 0.00181. The number of carbonyl (C=O) groups excluding carboxylic acids is 2. The highest BCUT2D eigenvalue weighted by Crippen LogP contribution is 2.21. The van der Waals surface area contributed by atoms with Crippen molar-refractivity contribution >= 4 is 23.4 Å². The van der Waals surface area contributed by atoms with Gasteiger partial charge in [-0.05, 0) is 18.6 Å². The lowest BCUT2D eigenvalue weighted by atomic mass is 10.2. The summed E-state index contributed by atoms with van der Waals surface area (Å²) in [6.45, 7) is 2.62. The predicted octanol–water partition coefficient (Wildman–Crippen LogP) is 0.542. The highest BCUT2D eigenvalue weighted by molar-refractivity contribution is 5.89. The summed E-state index contributed by atoms with van der Waals surface area (Å²) in [4.78, 5) is 28.5. The van der Waals surface area contributed by atoms with Crippen LogP contribution in [0.2, 0.25) is 0 Å². The molecule has 1 aromatic heterocycles. The summed E-state index contributed by atoms with van der Waals surface area (Å²) < 4.78 is 4.62. The lowest BCUT2D eigenvalue weighted by molar-refractivity contribution is -0.116. The minimum atomic E-state index is -0.555. The smallest absolute Gasteiger partial charge is 0.356 e. The topological polar surface area (TPSA) is 112 Å². The number of aromatic nitrogens is 1. The van der Waals surface area contributed by atoms with Gasteiger partial charge in [-0.25, -0.2) is 9.78 Å². The normalized spacial score (nSPS) is 10.1. The fourth-order valence-corrected chi connectivity index (χ4v) is 1.73. The lowest BCUT2D eigenvalue weighted by Crippen LogP contribution is -2.35. The molecule has 0 bridgehead atoms. The number of esters is 1. The third-order valence-corrected chi connectivity index (χ3v) is 2.73. The highest BCUT2D eigenvalue weighted by Gasteiger charge is 2.17. The van der Waals surface area contributed by atoms with Gasteiger partial charge in [0.1, 0.15) is 0 Å². The third-order valence-electron chi connectivity index (χ3n) is 2.73. The molecule has 7 heteroatoms. The Morgan fingerprint density at radius 3 is 2.65 bits per heavy atom. The predicted molar refractivity (Wildman–Crippen MR) is 76.3 cm³/mol. The first-order valence-corrected chi connectivity index (χ1v) is 6.37. The number of methoxy groups -OCH3 is 1. The third kappa shape index (κ3) is 4.11. The Balaban J connectivity index is 3.09. The van der Waals surface area contributed by atoms with Gasteiger partial charge in [-0.3, -0.25) is 4.79 Å². The van der Waals surface area contributed by atoms with Gasteiger partial charge in [0.25, 0.3) is 0 Å². The van der Waals surface area contributed by atoms with Crippen molar-refractivity contribution < 1.29 is 14.3 Å². The van der Waals surface area contributed by atoms with E-state index in [0.29, 0.717) is 18.1 Å². The number of unbranched alkanes of at least 4 members (excludes halogenated alkanes) is 1. The first-order chi connectivity index (χ1) is 9.49. The number of carbonyl (C=O) groups is 2. The molecule has 0 aliphatic rings. The van der Waals surface area contributed by atoms with Gasteiger partial charge in [0, 0.05) is 6.54 Å². The molecule has 0 aliphatic heterocycles. The van der Waals surface area contributed by atoms with E-state index in [1.54, 1.807) is 11.0 Å². The minimum Gasteiger partial charge on any atom is -0.464 e. The van der Waals surface area contributed by atoms with Gasteiger partial charge in [0.05, 0.1) is 19.3 Å². The van der Waals surface area contributed by atoms with E-state index in [0.717, 1.165) is 12.8 Å². The number of amides is 1. The number of hydrogen-bond donors (Lipinski definition) is 2. The van der Waals surface area contributed by atoms with Crippen molar-refractivity contribution in [1.29, 1.82) is 0 Å². The van der Waals surface area contributed by atoms with Gasteiger partial charge in [-0.1, -0.05) is 13.3 Å². The van der Waals surface area contributed by atoms with Crippen molar-refractivity contribution in [2.45, 2.75) is 19.8 Å². The number of nitrogens with zero attached hydrogens (tertiary/aromatic N) is 2. The Bertz CT molecular complexity index is 491. The molecule has 20 heavy (non-hydrogen) atoms. The van der Waals surface area contributed by atoms with Crippen LogP contribution in [-0.4, -0.2) is 37.1 Å². The molecule has 4 N–H and O–H groups in total. The number of nitrogen functional groups attached to an aromatic ring is 1. The van der Waals surface area contributed by atoms with E-state index in [4.69, 9.17) is 11.5 Å². The second-order valence-corrected chi connectivity index (χ2v) is 4.34. The highest BCUT2D eigenvalue weighted by atomic mass is 16.5. The summed E-state index contributed by atoms with van der Waals surface area (Å²) in [5.41, 5.74) is 11.6. The molecule has 110 valence electrons. The maximum Gasteiger partial charge on any atom is 0.356 e. The molecule has 0 atom stereocenters. The molecule has 0 unspecified atom stereocenters. The summed E-state index contributed by atoms with van der Waals surface area (Å²) in [5.74, 6) is -0.660. The van der Waals surface area contributed by atoms with E-state index in [1.165, 1.54) is 13.2 Å². The van der Waals surface area contributed by atoms with E-state index in [9.17, 15) is 9.59 Å². The number of anilines is 2. The molecule has 0 saturated heterocycles. The summed E-state index contributed by atoms with van der Waals surface area (Å²) in [5, 5.41) is 0. The van der Waals surface area contributed by atoms with E-state index >= 15 is 0 Å². The van der Waals surface area contributed by atoms with Crippen molar-refractivity contribution in [3.8, 4) is 0 Å². The average Bonchev–Trinajstić information content (AvgIpc) is 2.43. The molecule has 0 saturated carbocycles. The Hall–Kier alpha value is -2.31. The number of primary amides is 1. The van der Waals surface area contributed by atoms with Gasteiger partial charge in [0.2, 0.25) is 5.91 Å². The molecule has 1 amide bonds. The summed E-state index contributed by atoms with van der Waals surface area (Å²) in [6, 6.07) is 3.04. The number of ether oxygens (including phenoxy) is 1. The Morgan fingerprint density at radius 2 is 2.10 bits per heavy atom. The molecule has 0 fully saturated rings. The molecule has 1 aromatic rings. The quantitative estimate of drug-likeness (QED) is 0.705. The number of nitrogens with two attached hydrogens (primary N) is 2. The van der Waals surface area contributed by atoms with E-state index < -0.39 is 11.9 Å². The zero-order chi connectivity index (χ0) is 15.1. The van der Waals surface area contributed by atoms with Crippen molar-refractivity contribution in [2.75, 3.05) is 30.8 Å². The first-order valence-electron chi connectivity index (χ1n) is 6.37. The van der Waals surface area contributed by atoms with Gasteiger partial charge in [0.15, 0.2) is 11.5 Å². The van der Waals surface area contributed by atoms with Gasteiger partial charge in [-0.15, -0.1) is 0 Å². The number of rotatable bonds is 7. The van der Waals surface area contributed by atoms with Crippen LogP contribution in [0.15, 0.2) is 12.1 Å². The van der Waals surface area contributed by atoms with Crippen molar-refractivity contribution in [3.63, 3.8) is 0 Å². The van der Waals surface area contributed by atoms with Crippen LogP contribution in [0, 0.1) is 0 Å². The van der Waals surface area contributed by atoms with Gasteiger partial charge < -0.3 is 21.1 Å². The maximum atomic E-state index is 11.5. The van der Waals surface area contributed by atoms with E-state index in [-0.39, 0.29) is 12.2 Å². The van der Waals surface area contributed by atoms with Crippen molar-refractivity contribution in [2.24, 2.45) is 5.73 Å². The zero-order valence-electron chi connectivity index (χ0n) is 11.8. The first kappa shape index (κ1) is 15.7.